The van der Waals surface area contributed by atoms with Gasteiger partial charge in [0, 0.05) is 51.7 Å². The fourth-order valence-corrected chi connectivity index (χ4v) is 3.78. The first kappa shape index (κ1) is 19.4. The third-order valence-corrected chi connectivity index (χ3v) is 5.31. The van der Waals surface area contributed by atoms with Crippen LogP contribution in [-0.4, -0.2) is 51.7 Å². The topological polar surface area (TPSA) is 122 Å². The van der Waals surface area contributed by atoms with E-state index in [2.05, 4.69) is 9.88 Å². The number of benzene rings is 1. The van der Waals surface area contributed by atoms with Crippen LogP contribution >= 0.6 is 0 Å². The second-order valence-corrected chi connectivity index (χ2v) is 7.07. The molecule has 1 aromatic carbocycles. The van der Waals surface area contributed by atoms with Crippen molar-refractivity contribution >= 4 is 34.1 Å². The zero-order chi connectivity index (χ0) is 21.4. The minimum atomic E-state index is -1.37. The molecule has 1 N–H and O–H groups in total. The summed E-state index contributed by atoms with van der Waals surface area (Å²) in [6.45, 7) is 2.38. The van der Waals surface area contributed by atoms with Crippen LogP contribution in [0, 0.1) is 10.1 Å². The number of hydrogen-bond acceptors (Lipinski definition) is 7. The molecule has 3 aromatic rings. The third kappa shape index (κ3) is 3.32. The molecule has 3 heterocycles. The lowest BCUT2D eigenvalue weighted by atomic mass is 10.1. The average Bonchev–Trinajstić information content (AvgIpc) is 2.76. The van der Waals surface area contributed by atoms with Gasteiger partial charge in [-0.25, -0.2) is 9.78 Å². The van der Waals surface area contributed by atoms with Crippen molar-refractivity contribution in [1.29, 1.82) is 0 Å². The smallest absolute Gasteiger partial charge is 0.341 e. The van der Waals surface area contributed by atoms with E-state index in [1.807, 2.05) is 23.1 Å². The molecule has 1 aliphatic rings. The molecule has 1 aliphatic heterocycles. The number of nitrogens with zero attached hydrogens (tertiary/aromatic N) is 5. The number of carboxylic acids is 1. The van der Waals surface area contributed by atoms with Gasteiger partial charge in [0.25, 0.3) is 5.69 Å². The van der Waals surface area contributed by atoms with E-state index in [1.165, 1.54) is 16.8 Å². The molecule has 0 aliphatic carbocycles. The van der Waals surface area contributed by atoms with Crippen LogP contribution in [0.1, 0.15) is 10.4 Å². The number of pyridine rings is 2. The molecule has 1 fully saturated rings. The second kappa shape index (κ2) is 7.47. The standard InChI is InChI=1S/C20H19N5O5/c1-22-12-14(20(27)28)19(26)13-10-17(25(29)30)16(11-15(13)22)23-6-8-24(9-7-23)18-4-2-3-5-21-18/h2-5,10-12H,6-9H2,1H3,(H,27,28). The summed E-state index contributed by atoms with van der Waals surface area (Å²) in [6, 6.07) is 8.46. The lowest BCUT2D eigenvalue weighted by molar-refractivity contribution is -0.384. The Hall–Kier alpha value is -3.95. The van der Waals surface area contributed by atoms with Gasteiger partial charge in [-0.2, -0.15) is 0 Å². The van der Waals surface area contributed by atoms with Gasteiger partial charge in [-0.1, -0.05) is 6.07 Å². The van der Waals surface area contributed by atoms with E-state index in [0.29, 0.717) is 37.4 Å². The summed E-state index contributed by atoms with van der Waals surface area (Å²) in [7, 11) is 1.61. The maximum absolute atomic E-state index is 12.5. The van der Waals surface area contributed by atoms with E-state index in [0.717, 1.165) is 5.82 Å². The highest BCUT2D eigenvalue weighted by Gasteiger charge is 2.26. The van der Waals surface area contributed by atoms with Crippen molar-refractivity contribution in [2.24, 2.45) is 7.05 Å². The van der Waals surface area contributed by atoms with Crippen LogP contribution in [0.15, 0.2) is 47.5 Å². The molecule has 4 rings (SSSR count). The molecule has 10 heteroatoms. The van der Waals surface area contributed by atoms with Gasteiger partial charge in [-0.15, -0.1) is 0 Å². The highest BCUT2D eigenvalue weighted by Crippen LogP contribution is 2.33. The Labute approximate surface area is 170 Å². The Morgan fingerprint density at radius 1 is 1.17 bits per heavy atom. The van der Waals surface area contributed by atoms with Crippen LogP contribution in [-0.2, 0) is 7.05 Å². The van der Waals surface area contributed by atoms with Gasteiger partial charge in [-0.05, 0) is 18.2 Å². The number of carbonyl (C=O) groups is 1. The number of nitro benzene ring substituents is 1. The largest absolute Gasteiger partial charge is 0.477 e. The molecule has 10 nitrogen and oxygen atoms in total. The molecule has 0 saturated carbocycles. The SMILES string of the molecule is Cn1cc(C(=O)O)c(=O)c2cc([N+](=O)[O-])c(N3CCN(c4ccccn4)CC3)cc21. The van der Waals surface area contributed by atoms with Crippen molar-refractivity contribution in [3.05, 3.63) is 68.6 Å². The number of anilines is 2. The van der Waals surface area contributed by atoms with Crippen LogP contribution in [0.3, 0.4) is 0 Å². The van der Waals surface area contributed by atoms with E-state index in [4.69, 9.17) is 0 Å². The highest BCUT2D eigenvalue weighted by atomic mass is 16.6. The van der Waals surface area contributed by atoms with E-state index in [1.54, 1.807) is 19.3 Å². The molecule has 2 aromatic heterocycles. The molecule has 0 unspecified atom stereocenters. The predicted octanol–water partition coefficient (Wildman–Crippen LogP) is 1.87. The number of aryl methyl sites for hydroxylation is 1. The molecular formula is C20H19N5O5. The minimum Gasteiger partial charge on any atom is -0.477 e. The van der Waals surface area contributed by atoms with E-state index < -0.39 is 21.9 Å². The Morgan fingerprint density at radius 2 is 1.87 bits per heavy atom. The molecule has 154 valence electrons. The Kier molecular flexibility index (Phi) is 4.82. The van der Waals surface area contributed by atoms with Crippen molar-refractivity contribution < 1.29 is 14.8 Å². The van der Waals surface area contributed by atoms with E-state index in [9.17, 15) is 24.8 Å². The summed E-state index contributed by atoms with van der Waals surface area (Å²) in [6.07, 6.45) is 2.96. The van der Waals surface area contributed by atoms with Gasteiger partial charge < -0.3 is 19.5 Å². The zero-order valence-corrected chi connectivity index (χ0v) is 16.2. The Morgan fingerprint density at radius 3 is 2.47 bits per heavy atom. The Balaban J connectivity index is 1.74. The number of piperazine rings is 1. The second-order valence-electron chi connectivity index (χ2n) is 7.07. The molecule has 1 saturated heterocycles. The maximum Gasteiger partial charge on any atom is 0.341 e. The quantitative estimate of drug-likeness (QED) is 0.512. The summed E-state index contributed by atoms with van der Waals surface area (Å²) < 4.78 is 1.51. The summed E-state index contributed by atoms with van der Waals surface area (Å²) >= 11 is 0. The summed E-state index contributed by atoms with van der Waals surface area (Å²) in [5, 5.41) is 21.0. The van der Waals surface area contributed by atoms with Crippen molar-refractivity contribution in [3.8, 4) is 0 Å². The third-order valence-electron chi connectivity index (χ3n) is 5.31. The van der Waals surface area contributed by atoms with Crippen LogP contribution in [0.2, 0.25) is 0 Å². The van der Waals surface area contributed by atoms with Gasteiger partial charge in [-0.3, -0.25) is 14.9 Å². The monoisotopic (exact) mass is 409 g/mol. The Bertz CT molecular complexity index is 1200. The number of hydrogen-bond donors (Lipinski definition) is 1. The normalized spacial score (nSPS) is 14.2. The van der Waals surface area contributed by atoms with Crippen LogP contribution in [0.5, 0.6) is 0 Å². The fourth-order valence-electron chi connectivity index (χ4n) is 3.78. The first-order chi connectivity index (χ1) is 14.4. The van der Waals surface area contributed by atoms with Gasteiger partial charge in [0.05, 0.1) is 15.8 Å². The first-order valence-electron chi connectivity index (χ1n) is 9.33. The van der Waals surface area contributed by atoms with Crippen LogP contribution in [0.4, 0.5) is 17.2 Å². The zero-order valence-electron chi connectivity index (χ0n) is 16.2. The maximum atomic E-state index is 12.5. The first-order valence-corrected chi connectivity index (χ1v) is 9.33. The van der Waals surface area contributed by atoms with Crippen molar-refractivity contribution in [1.82, 2.24) is 9.55 Å². The van der Waals surface area contributed by atoms with Gasteiger partial charge in [0.2, 0.25) is 5.43 Å². The summed E-state index contributed by atoms with van der Waals surface area (Å²) in [4.78, 5) is 43.4. The van der Waals surface area contributed by atoms with Crippen molar-refractivity contribution in [2.45, 2.75) is 0 Å². The number of aromatic carboxylic acids is 1. The summed E-state index contributed by atoms with van der Waals surface area (Å²) in [5.74, 6) is -0.511. The number of fused-ring (bicyclic) bond motifs is 1. The lowest BCUT2D eigenvalue weighted by Gasteiger charge is -2.36. The average molecular weight is 409 g/mol. The molecule has 30 heavy (non-hydrogen) atoms. The molecule has 0 atom stereocenters. The lowest BCUT2D eigenvalue weighted by Crippen LogP contribution is -2.47. The van der Waals surface area contributed by atoms with E-state index >= 15 is 0 Å². The van der Waals surface area contributed by atoms with Gasteiger partial charge in [0.1, 0.15) is 17.1 Å². The molecule has 0 spiro atoms. The fraction of sp³-hybridized carbons (Fsp3) is 0.250. The number of rotatable bonds is 4. The highest BCUT2D eigenvalue weighted by molar-refractivity contribution is 5.95. The number of aromatic nitrogens is 2. The summed E-state index contributed by atoms with van der Waals surface area (Å²) in [5.41, 5.74) is -0.515. The van der Waals surface area contributed by atoms with Crippen molar-refractivity contribution in [3.63, 3.8) is 0 Å². The van der Waals surface area contributed by atoms with Crippen molar-refractivity contribution in [2.75, 3.05) is 36.0 Å². The minimum absolute atomic E-state index is 0.0139. The van der Waals surface area contributed by atoms with Gasteiger partial charge in [0.15, 0.2) is 0 Å². The predicted molar refractivity (Wildman–Crippen MR) is 111 cm³/mol. The van der Waals surface area contributed by atoms with Gasteiger partial charge >= 0.3 is 5.97 Å². The van der Waals surface area contributed by atoms with Crippen LogP contribution in [0.25, 0.3) is 10.9 Å². The molecular weight excluding hydrogens is 390 g/mol. The molecule has 0 bridgehead atoms. The van der Waals surface area contributed by atoms with Crippen LogP contribution < -0.4 is 15.2 Å². The molecule has 0 radical (unpaired) electrons. The van der Waals surface area contributed by atoms with E-state index in [-0.39, 0.29) is 11.1 Å². The molecule has 0 amide bonds. The number of nitro groups is 1. The number of carboxylic acid groups (broad SMARTS) is 1.